The number of rotatable bonds is 3. The van der Waals surface area contributed by atoms with E-state index in [2.05, 4.69) is 4.72 Å². The molecule has 6 heteroatoms. The minimum atomic E-state index is -3.70. The monoisotopic (exact) mass is 377 g/mol. The Morgan fingerprint density at radius 2 is 1.50 bits per heavy atom. The molecule has 0 unspecified atom stereocenters. The quantitative estimate of drug-likeness (QED) is 0.665. The molecular formula is C18H13Cl2NO2S. The molecule has 1 aliphatic carbocycles. The molecule has 0 spiro atoms. The van der Waals surface area contributed by atoms with Gasteiger partial charge in [0.15, 0.2) is 0 Å². The van der Waals surface area contributed by atoms with Crippen LogP contribution in [0.15, 0.2) is 65.6 Å². The third-order valence-electron chi connectivity index (χ3n) is 4.30. The highest BCUT2D eigenvalue weighted by molar-refractivity contribution is 7.89. The molecule has 0 saturated carbocycles. The maximum absolute atomic E-state index is 12.7. The molecule has 0 bridgehead atoms. The smallest absolute Gasteiger partial charge is 0.207 e. The number of nitrogens with one attached hydrogen (secondary N) is 1. The van der Waals surface area contributed by atoms with E-state index in [4.69, 9.17) is 23.2 Å². The molecule has 2 atom stereocenters. The molecule has 0 fully saturated rings. The Morgan fingerprint density at radius 3 is 2.17 bits per heavy atom. The Balaban J connectivity index is 1.76. The van der Waals surface area contributed by atoms with Gasteiger partial charge in [0, 0.05) is 5.02 Å². The molecule has 0 aliphatic heterocycles. The van der Waals surface area contributed by atoms with Gasteiger partial charge < -0.3 is 0 Å². The molecule has 0 saturated heterocycles. The molecule has 1 N–H and O–H groups in total. The Morgan fingerprint density at radius 1 is 0.875 bits per heavy atom. The molecule has 122 valence electrons. The van der Waals surface area contributed by atoms with Gasteiger partial charge in [0.05, 0.1) is 16.3 Å². The summed E-state index contributed by atoms with van der Waals surface area (Å²) in [5.74, 6) is 0. The van der Waals surface area contributed by atoms with Gasteiger partial charge in [-0.2, -0.15) is 0 Å². The van der Waals surface area contributed by atoms with E-state index in [1.54, 1.807) is 12.1 Å². The van der Waals surface area contributed by atoms with E-state index >= 15 is 0 Å². The van der Waals surface area contributed by atoms with Gasteiger partial charge in [0.2, 0.25) is 10.0 Å². The maximum atomic E-state index is 12.7. The van der Waals surface area contributed by atoms with Crippen molar-refractivity contribution >= 4 is 44.0 Å². The number of hydrogen-bond acceptors (Lipinski definition) is 2. The summed E-state index contributed by atoms with van der Waals surface area (Å²) in [5.41, 5.74) is 1.86. The third-order valence-corrected chi connectivity index (χ3v) is 6.50. The van der Waals surface area contributed by atoms with E-state index in [0.29, 0.717) is 5.02 Å². The number of benzene rings is 3. The van der Waals surface area contributed by atoms with Crippen LogP contribution in [0.4, 0.5) is 0 Å². The zero-order valence-electron chi connectivity index (χ0n) is 12.4. The first-order chi connectivity index (χ1) is 11.5. The Kier molecular flexibility index (Phi) is 3.81. The van der Waals surface area contributed by atoms with E-state index in [-0.39, 0.29) is 4.90 Å². The molecule has 1 aliphatic rings. The average molecular weight is 378 g/mol. The van der Waals surface area contributed by atoms with Gasteiger partial charge in [-0.25, -0.2) is 13.1 Å². The van der Waals surface area contributed by atoms with Gasteiger partial charge in [-0.3, -0.25) is 0 Å². The zero-order valence-corrected chi connectivity index (χ0v) is 14.7. The summed E-state index contributed by atoms with van der Waals surface area (Å²) >= 11 is 12.4. The minimum absolute atomic E-state index is 0.166. The number of sulfonamides is 1. The van der Waals surface area contributed by atoms with Crippen LogP contribution >= 0.6 is 23.2 Å². The summed E-state index contributed by atoms with van der Waals surface area (Å²) < 4.78 is 28.1. The van der Waals surface area contributed by atoms with Crippen molar-refractivity contribution in [1.29, 1.82) is 0 Å². The van der Waals surface area contributed by atoms with Crippen molar-refractivity contribution in [2.75, 3.05) is 0 Å². The second kappa shape index (κ2) is 5.74. The van der Waals surface area contributed by atoms with Crippen molar-refractivity contribution in [2.24, 2.45) is 0 Å². The van der Waals surface area contributed by atoms with Crippen molar-refractivity contribution < 1.29 is 8.42 Å². The zero-order chi connectivity index (χ0) is 16.9. The summed E-state index contributed by atoms with van der Waals surface area (Å²) in [6, 6.07) is 17.3. The van der Waals surface area contributed by atoms with Gasteiger partial charge in [0.25, 0.3) is 0 Å². The van der Waals surface area contributed by atoms with Gasteiger partial charge in [0.1, 0.15) is 0 Å². The lowest BCUT2D eigenvalue weighted by atomic mass is 10.1. The van der Waals surface area contributed by atoms with Crippen molar-refractivity contribution in [3.63, 3.8) is 0 Å². The Hall–Kier alpha value is -1.59. The molecule has 0 aromatic heterocycles. The van der Waals surface area contributed by atoms with E-state index in [1.807, 2.05) is 36.4 Å². The van der Waals surface area contributed by atoms with Crippen LogP contribution in [-0.2, 0) is 10.0 Å². The fourth-order valence-electron chi connectivity index (χ4n) is 3.20. The van der Waals surface area contributed by atoms with E-state index in [1.165, 1.54) is 12.1 Å². The van der Waals surface area contributed by atoms with Crippen molar-refractivity contribution in [3.8, 4) is 0 Å². The maximum Gasteiger partial charge on any atom is 0.241 e. The van der Waals surface area contributed by atoms with Crippen molar-refractivity contribution in [3.05, 3.63) is 76.8 Å². The lowest BCUT2D eigenvalue weighted by Gasteiger charge is -2.18. The van der Waals surface area contributed by atoms with Crippen LogP contribution in [0.2, 0.25) is 5.02 Å². The predicted molar refractivity (Wildman–Crippen MR) is 97.1 cm³/mol. The number of alkyl halides is 1. The topological polar surface area (TPSA) is 46.2 Å². The molecule has 3 aromatic carbocycles. The van der Waals surface area contributed by atoms with Crippen LogP contribution in [0.3, 0.4) is 0 Å². The summed E-state index contributed by atoms with van der Waals surface area (Å²) in [6.45, 7) is 0. The molecule has 24 heavy (non-hydrogen) atoms. The average Bonchev–Trinajstić information content (AvgIpc) is 2.83. The van der Waals surface area contributed by atoms with Gasteiger partial charge in [-0.15, -0.1) is 11.6 Å². The molecule has 3 aromatic rings. The molecular weight excluding hydrogens is 365 g/mol. The number of halogens is 2. The Labute approximate surface area is 150 Å². The third kappa shape index (κ3) is 2.50. The molecule has 0 amide bonds. The first kappa shape index (κ1) is 15.9. The molecule has 4 rings (SSSR count). The van der Waals surface area contributed by atoms with Crippen LogP contribution < -0.4 is 4.72 Å². The fourth-order valence-corrected chi connectivity index (χ4v) is 5.01. The van der Waals surface area contributed by atoms with Crippen LogP contribution in [-0.4, -0.2) is 8.42 Å². The van der Waals surface area contributed by atoms with Crippen LogP contribution in [0.5, 0.6) is 0 Å². The van der Waals surface area contributed by atoms with E-state index in [0.717, 1.165) is 21.9 Å². The normalized spacial score (nSPS) is 19.8. The first-order valence-electron chi connectivity index (χ1n) is 7.41. The molecule has 3 nitrogen and oxygen atoms in total. The summed E-state index contributed by atoms with van der Waals surface area (Å²) in [6.07, 6.45) is 0. The lowest BCUT2D eigenvalue weighted by Crippen LogP contribution is -2.29. The van der Waals surface area contributed by atoms with E-state index < -0.39 is 21.4 Å². The largest absolute Gasteiger partial charge is 0.241 e. The number of hydrogen-bond donors (Lipinski definition) is 1. The van der Waals surface area contributed by atoms with Crippen molar-refractivity contribution in [2.45, 2.75) is 16.3 Å². The lowest BCUT2D eigenvalue weighted by molar-refractivity contribution is 0.556. The minimum Gasteiger partial charge on any atom is -0.207 e. The van der Waals surface area contributed by atoms with Gasteiger partial charge >= 0.3 is 0 Å². The van der Waals surface area contributed by atoms with Crippen LogP contribution in [0.25, 0.3) is 10.8 Å². The van der Waals surface area contributed by atoms with Crippen molar-refractivity contribution in [1.82, 2.24) is 4.72 Å². The fraction of sp³-hybridized carbons (Fsp3) is 0.111. The van der Waals surface area contributed by atoms with Crippen LogP contribution in [0, 0.1) is 0 Å². The predicted octanol–water partition coefficient (Wildman–Crippen LogP) is 4.81. The second-order valence-corrected chi connectivity index (χ2v) is 8.37. The SMILES string of the molecule is O=S(=O)(N[C@H]1c2cccc3cccc(c23)[C@H]1Cl)c1ccc(Cl)cc1. The standard InChI is InChI=1S/C18H13Cl2NO2S/c19-12-7-9-13(10-8-12)24(22,23)21-18-15-6-2-4-11-3-1-5-14(16(11)15)17(18)20/h1-10,17-18,21H/t17-,18+/m1/s1. The first-order valence-corrected chi connectivity index (χ1v) is 9.71. The molecule has 0 heterocycles. The summed E-state index contributed by atoms with van der Waals surface area (Å²) in [4.78, 5) is 0.166. The summed E-state index contributed by atoms with van der Waals surface area (Å²) in [5, 5.41) is 2.13. The second-order valence-electron chi connectivity index (χ2n) is 5.75. The highest BCUT2D eigenvalue weighted by Crippen LogP contribution is 2.47. The van der Waals surface area contributed by atoms with Gasteiger partial charge in [-0.05, 0) is 46.2 Å². The Bertz CT molecular complexity index is 1030. The van der Waals surface area contributed by atoms with Gasteiger partial charge in [-0.1, -0.05) is 48.0 Å². The van der Waals surface area contributed by atoms with Crippen LogP contribution in [0.1, 0.15) is 22.5 Å². The van der Waals surface area contributed by atoms with E-state index in [9.17, 15) is 8.42 Å². The summed E-state index contributed by atoms with van der Waals surface area (Å²) in [7, 11) is -3.70. The highest BCUT2D eigenvalue weighted by Gasteiger charge is 2.35. The highest BCUT2D eigenvalue weighted by atomic mass is 35.5. The molecule has 0 radical (unpaired) electrons.